The first-order valence-corrected chi connectivity index (χ1v) is 13.3. The first-order valence-electron chi connectivity index (χ1n) is 13.3. The fourth-order valence-electron chi connectivity index (χ4n) is 5.01. The summed E-state index contributed by atoms with van der Waals surface area (Å²) in [4.78, 5) is 25.6. The molecule has 1 fully saturated rings. The van der Waals surface area contributed by atoms with Gasteiger partial charge >= 0.3 is 12.1 Å². The SMILES string of the molecule is COc1cccc(-c2nc(CCOc3ccc(C[C@@H]4CN(c5nccc(C(F)(F)F)n5)C[C@@H]4C(=O)O)cc3)c(C)o2)c1. The van der Waals surface area contributed by atoms with Gasteiger partial charge in [-0.15, -0.1) is 0 Å². The summed E-state index contributed by atoms with van der Waals surface area (Å²) in [6.07, 6.45) is -2.61. The molecule has 0 spiro atoms. The van der Waals surface area contributed by atoms with E-state index in [2.05, 4.69) is 15.0 Å². The highest BCUT2D eigenvalue weighted by atomic mass is 19.4. The van der Waals surface area contributed by atoms with E-state index in [1.165, 1.54) is 4.90 Å². The summed E-state index contributed by atoms with van der Waals surface area (Å²) in [6, 6.07) is 15.6. The Morgan fingerprint density at radius 1 is 1.10 bits per heavy atom. The number of nitrogens with zero attached hydrogens (tertiary/aromatic N) is 4. The fourth-order valence-corrected chi connectivity index (χ4v) is 5.01. The number of hydrogen-bond donors (Lipinski definition) is 1. The molecule has 0 amide bonds. The monoisotopic (exact) mass is 582 g/mol. The minimum absolute atomic E-state index is 0.0313. The van der Waals surface area contributed by atoms with E-state index in [0.717, 1.165) is 29.1 Å². The topological polar surface area (TPSA) is 111 Å². The predicted molar refractivity (Wildman–Crippen MR) is 146 cm³/mol. The van der Waals surface area contributed by atoms with Gasteiger partial charge in [0.15, 0.2) is 0 Å². The highest BCUT2D eigenvalue weighted by molar-refractivity contribution is 5.72. The minimum atomic E-state index is -4.61. The van der Waals surface area contributed by atoms with Crippen LogP contribution in [0.3, 0.4) is 0 Å². The second-order valence-corrected chi connectivity index (χ2v) is 10.0. The summed E-state index contributed by atoms with van der Waals surface area (Å²) in [5.74, 6) is 0.343. The summed E-state index contributed by atoms with van der Waals surface area (Å²) in [5, 5.41) is 9.77. The van der Waals surface area contributed by atoms with Crippen molar-refractivity contribution in [2.24, 2.45) is 11.8 Å². The molecule has 5 rings (SSSR count). The lowest BCUT2D eigenvalue weighted by Crippen LogP contribution is -2.25. The van der Waals surface area contributed by atoms with Gasteiger partial charge < -0.3 is 23.9 Å². The number of ether oxygens (including phenoxy) is 2. The molecule has 42 heavy (non-hydrogen) atoms. The second-order valence-electron chi connectivity index (χ2n) is 10.0. The number of halogens is 3. The summed E-state index contributed by atoms with van der Waals surface area (Å²) in [6.45, 7) is 2.49. The number of rotatable bonds is 10. The molecular weight excluding hydrogens is 553 g/mol. The van der Waals surface area contributed by atoms with Crippen molar-refractivity contribution in [2.75, 3.05) is 31.7 Å². The van der Waals surface area contributed by atoms with Gasteiger partial charge in [0.1, 0.15) is 23.0 Å². The third-order valence-electron chi connectivity index (χ3n) is 7.21. The number of aliphatic carboxylic acids is 1. The van der Waals surface area contributed by atoms with Gasteiger partial charge in [-0.1, -0.05) is 18.2 Å². The Labute approximate surface area is 240 Å². The molecular formula is C30H29F3N4O5. The molecule has 220 valence electrons. The smallest absolute Gasteiger partial charge is 0.433 e. The summed E-state index contributed by atoms with van der Waals surface area (Å²) >= 11 is 0. The maximum atomic E-state index is 13.1. The number of anilines is 1. The zero-order chi connectivity index (χ0) is 29.9. The zero-order valence-electron chi connectivity index (χ0n) is 23.0. The quantitative estimate of drug-likeness (QED) is 0.260. The van der Waals surface area contributed by atoms with Crippen molar-refractivity contribution in [1.82, 2.24) is 15.0 Å². The van der Waals surface area contributed by atoms with E-state index < -0.39 is 23.8 Å². The van der Waals surface area contributed by atoms with Crippen LogP contribution < -0.4 is 14.4 Å². The van der Waals surface area contributed by atoms with Crippen molar-refractivity contribution >= 4 is 11.9 Å². The van der Waals surface area contributed by atoms with E-state index in [0.29, 0.717) is 42.6 Å². The molecule has 1 N–H and O–H groups in total. The number of alkyl halides is 3. The molecule has 0 saturated carbocycles. The average molecular weight is 583 g/mol. The Bertz CT molecular complexity index is 1540. The van der Waals surface area contributed by atoms with Gasteiger partial charge in [0.2, 0.25) is 11.8 Å². The predicted octanol–water partition coefficient (Wildman–Crippen LogP) is 5.47. The highest BCUT2D eigenvalue weighted by Gasteiger charge is 2.40. The van der Waals surface area contributed by atoms with Gasteiger partial charge in [0, 0.05) is 31.3 Å². The van der Waals surface area contributed by atoms with Crippen molar-refractivity contribution in [3.63, 3.8) is 0 Å². The molecule has 0 aliphatic carbocycles. The first kappa shape index (κ1) is 28.9. The number of oxazole rings is 1. The van der Waals surface area contributed by atoms with Crippen molar-refractivity contribution in [3.8, 4) is 23.0 Å². The summed E-state index contributed by atoms with van der Waals surface area (Å²) < 4.78 is 56.3. The van der Waals surface area contributed by atoms with Crippen LogP contribution in [-0.2, 0) is 23.8 Å². The van der Waals surface area contributed by atoms with Crippen LogP contribution in [0, 0.1) is 18.8 Å². The van der Waals surface area contributed by atoms with E-state index in [1.54, 1.807) is 7.11 Å². The van der Waals surface area contributed by atoms with E-state index in [1.807, 2.05) is 55.5 Å². The van der Waals surface area contributed by atoms with Gasteiger partial charge in [0.05, 0.1) is 25.3 Å². The number of hydrogen-bond acceptors (Lipinski definition) is 8. The number of aromatic nitrogens is 3. The molecule has 0 radical (unpaired) electrons. The molecule has 2 aromatic carbocycles. The lowest BCUT2D eigenvalue weighted by Gasteiger charge is -2.17. The average Bonchev–Trinajstić information content (AvgIpc) is 3.57. The van der Waals surface area contributed by atoms with Gasteiger partial charge in [-0.3, -0.25) is 4.79 Å². The Morgan fingerprint density at radius 2 is 1.88 bits per heavy atom. The Morgan fingerprint density at radius 3 is 2.60 bits per heavy atom. The van der Waals surface area contributed by atoms with Gasteiger partial charge in [0.25, 0.3) is 0 Å². The lowest BCUT2D eigenvalue weighted by atomic mass is 9.90. The largest absolute Gasteiger partial charge is 0.497 e. The molecule has 1 saturated heterocycles. The number of methoxy groups -OCH3 is 1. The van der Waals surface area contributed by atoms with Crippen LogP contribution in [0.4, 0.5) is 19.1 Å². The third-order valence-corrected chi connectivity index (χ3v) is 7.21. The molecule has 9 nitrogen and oxygen atoms in total. The summed E-state index contributed by atoms with van der Waals surface area (Å²) in [5.41, 5.74) is 1.44. The van der Waals surface area contributed by atoms with Crippen molar-refractivity contribution in [3.05, 3.63) is 83.5 Å². The lowest BCUT2D eigenvalue weighted by molar-refractivity contribution is -0.142. The highest BCUT2D eigenvalue weighted by Crippen LogP contribution is 2.33. The normalized spacial score (nSPS) is 16.9. The number of aryl methyl sites for hydroxylation is 1. The van der Waals surface area contributed by atoms with Crippen molar-refractivity contribution < 1.29 is 37.0 Å². The first-order chi connectivity index (χ1) is 20.1. The number of carboxylic acids is 1. The fraction of sp³-hybridized carbons (Fsp3) is 0.333. The van der Waals surface area contributed by atoms with E-state index in [-0.39, 0.29) is 25.0 Å². The molecule has 2 atom stereocenters. The number of benzene rings is 2. The van der Waals surface area contributed by atoms with Crippen LogP contribution in [0.5, 0.6) is 11.5 Å². The Hall–Kier alpha value is -4.61. The van der Waals surface area contributed by atoms with Crippen molar-refractivity contribution in [1.29, 1.82) is 0 Å². The minimum Gasteiger partial charge on any atom is -0.497 e. The second kappa shape index (κ2) is 12.1. The molecule has 2 aromatic heterocycles. The van der Waals surface area contributed by atoms with Crippen LogP contribution >= 0.6 is 0 Å². The number of carbonyl (C=O) groups is 1. The van der Waals surface area contributed by atoms with Crippen LogP contribution in [0.25, 0.3) is 11.5 Å². The summed E-state index contributed by atoms with van der Waals surface area (Å²) in [7, 11) is 1.60. The van der Waals surface area contributed by atoms with Gasteiger partial charge in [-0.2, -0.15) is 13.2 Å². The Balaban J connectivity index is 1.17. The zero-order valence-corrected chi connectivity index (χ0v) is 23.0. The maximum absolute atomic E-state index is 13.1. The molecule has 0 unspecified atom stereocenters. The van der Waals surface area contributed by atoms with E-state index in [4.69, 9.17) is 13.9 Å². The molecule has 3 heterocycles. The molecule has 1 aliphatic rings. The molecule has 0 bridgehead atoms. The third kappa shape index (κ3) is 6.64. The van der Waals surface area contributed by atoms with E-state index >= 15 is 0 Å². The maximum Gasteiger partial charge on any atom is 0.433 e. The van der Waals surface area contributed by atoms with Crippen LogP contribution in [0.2, 0.25) is 0 Å². The van der Waals surface area contributed by atoms with Gasteiger partial charge in [-0.25, -0.2) is 15.0 Å². The molecule has 1 aliphatic heterocycles. The van der Waals surface area contributed by atoms with Crippen molar-refractivity contribution in [2.45, 2.75) is 25.9 Å². The van der Waals surface area contributed by atoms with E-state index in [9.17, 15) is 23.1 Å². The standard InChI is InChI=1S/C30H29F3N4O5/c1-18-25(35-27(42-18)20-4-3-5-23(15-20)40-2)11-13-41-22-8-6-19(7-9-22)14-21-16-37(17-24(21)28(38)39)29-34-12-10-26(36-29)30(31,32)33/h3-10,12,15,21,24H,11,13-14,16-17H2,1-2H3,(H,38,39)/t21-,24+/m1/s1. The molecule has 12 heteroatoms. The van der Waals surface area contributed by atoms with Crippen LogP contribution in [-0.4, -0.2) is 52.8 Å². The number of carboxylic acid groups (broad SMARTS) is 1. The van der Waals surface area contributed by atoms with Crippen LogP contribution in [0.1, 0.15) is 22.7 Å². The van der Waals surface area contributed by atoms with Gasteiger partial charge in [-0.05, 0) is 61.2 Å². The molecule has 4 aromatic rings. The Kier molecular flexibility index (Phi) is 8.32. The van der Waals surface area contributed by atoms with Crippen LogP contribution in [0.15, 0.2) is 65.2 Å².